The second-order valence-electron chi connectivity index (χ2n) is 13.0. The van der Waals surface area contributed by atoms with Gasteiger partial charge in [0.2, 0.25) is 5.91 Å². The molecule has 0 aliphatic carbocycles. The molecule has 0 aromatic heterocycles. The van der Waals surface area contributed by atoms with Gasteiger partial charge in [-0.25, -0.2) is 14.4 Å². The average molecular weight is 684 g/mol. The number of carboxylic acid groups (broad SMARTS) is 1. The zero-order valence-electron chi connectivity index (χ0n) is 27.6. The zero-order chi connectivity index (χ0) is 33.8. The summed E-state index contributed by atoms with van der Waals surface area (Å²) in [5, 5.41) is 14.9. The average Bonchev–Trinajstić information content (AvgIpc) is 3.37. The van der Waals surface area contributed by atoms with E-state index in [-0.39, 0.29) is 17.2 Å². The van der Waals surface area contributed by atoms with E-state index in [0.717, 1.165) is 16.4 Å². The van der Waals surface area contributed by atoms with Gasteiger partial charge in [-0.2, -0.15) is 11.8 Å². The maximum atomic E-state index is 13.5. The summed E-state index contributed by atoms with van der Waals surface area (Å²) in [4.78, 5) is 51.6. The molecule has 1 fully saturated rings. The normalized spacial score (nSPS) is 18.8. The quantitative estimate of drug-likeness (QED) is 0.120. The summed E-state index contributed by atoms with van der Waals surface area (Å²) in [6.45, 7) is 12.8. The highest BCUT2D eigenvalue weighted by atomic mass is 33.1. The van der Waals surface area contributed by atoms with E-state index in [2.05, 4.69) is 60.4 Å². The topological polar surface area (TPSA) is 134 Å². The Bertz CT molecular complexity index is 1170. The molecule has 10 nitrogen and oxygen atoms in total. The number of nitrogens with one attached hydrogen (secondary N) is 2. The van der Waals surface area contributed by atoms with E-state index in [4.69, 9.17) is 4.74 Å². The molecular formula is C32H49N3O7S3. The summed E-state index contributed by atoms with van der Waals surface area (Å²) in [6, 6.07) is 6.56. The number of likely N-dealkylation sites (tertiary alicyclic amines) is 1. The van der Waals surface area contributed by atoms with Gasteiger partial charge >= 0.3 is 17.4 Å². The van der Waals surface area contributed by atoms with Crippen molar-refractivity contribution in [2.24, 2.45) is 0 Å². The van der Waals surface area contributed by atoms with Crippen LogP contribution in [0.3, 0.4) is 0 Å². The number of thioether (sulfide) groups is 1. The lowest BCUT2D eigenvalue weighted by atomic mass is 9.85. The van der Waals surface area contributed by atoms with Crippen LogP contribution in [0.4, 0.5) is 9.59 Å². The molecule has 0 saturated carbocycles. The third-order valence-electron chi connectivity index (χ3n) is 7.13. The molecule has 2 amide bonds. The third kappa shape index (κ3) is 13.9. The van der Waals surface area contributed by atoms with Gasteiger partial charge in [0.05, 0.1) is 19.2 Å². The van der Waals surface area contributed by atoms with Gasteiger partial charge in [0, 0.05) is 29.6 Å². The van der Waals surface area contributed by atoms with Crippen LogP contribution in [0, 0.1) is 0 Å². The summed E-state index contributed by atoms with van der Waals surface area (Å²) < 4.78 is 10.1. The molecule has 1 aromatic carbocycles. The van der Waals surface area contributed by atoms with Gasteiger partial charge < -0.3 is 25.2 Å². The molecule has 1 aliphatic rings. The summed E-state index contributed by atoms with van der Waals surface area (Å²) in [6.07, 6.45) is 5.93. The number of amides is 2. The Morgan fingerprint density at radius 2 is 1.76 bits per heavy atom. The first kappa shape index (κ1) is 38.8. The predicted octanol–water partition coefficient (Wildman–Crippen LogP) is 6.06. The molecular weight excluding hydrogens is 635 g/mol. The Kier molecular flexibility index (Phi) is 15.6. The van der Waals surface area contributed by atoms with Crippen LogP contribution in [-0.2, 0) is 24.5 Å². The van der Waals surface area contributed by atoms with Crippen molar-refractivity contribution in [3.8, 4) is 0 Å². The minimum Gasteiger partial charge on any atom is -0.480 e. The van der Waals surface area contributed by atoms with Crippen LogP contribution < -0.4 is 10.6 Å². The second-order valence-corrected chi connectivity index (χ2v) is 16.2. The number of nitrogens with zero attached hydrogens (tertiary/aromatic N) is 1. The Morgan fingerprint density at radius 3 is 2.31 bits per heavy atom. The fourth-order valence-corrected chi connectivity index (χ4v) is 6.97. The lowest BCUT2D eigenvalue weighted by Gasteiger charge is -2.24. The molecule has 0 radical (unpaired) electrons. The number of benzene rings is 1. The molecule has 4 atom stereocenters. The Morgan fingerprint density at radius 1 is 1.09 bits per heavy atom. The fourth-order valence-electron chi connectivity index (χ4n) is 4.79. The number of aliphatic carboxylic acids is 1. The predicted molar refractivity (Wildman–Crippen MR) is 185 cm³/mol. The van der Waals surface area contributed by atoms with Gasteiger partial charge in [-0.3, -0.25) is 9.69 Å². The molecule has 45 heavy (non-hydrogen) atoms. The smallest absolute Gasteiger partial charge is 0.408 e. The number of rotatable bonds is 14. The van der Waals surface area contributed by atoms with Crippen LogP contribution in [0.15, 0.2) is 36.4 Å². The molecule has 13 heteroatoms. The van der Waals surface area contributed by atoms with E-state index >= 15 is 0 Å². The molecule has 1 heterocycles. The van der Waals surface area contributed by atoms with Crippen molar-refractivity contribution in [1.29, 1.82) is 0 Å². The first-order valence-corrected chi connectivity index (χ1v) is 18.7. The van der Waals surface area contributed by atoms with Gasteiger partial charge in [0.15, 0.2) is 0 Å². The van der Waals surface area contributed by atoms with Crippen LogP contribution in [0.1, 0.15) is 71.4 Å². The van der Waals surface area contributed by atoms with Crippen LogP contribution in [0.25, 0.3) is 0 Å². The number of carboxylic acids is 1. The number of alkyl carbamates (subject to hydrolysis) is 1. The first-order chi connectivity index (χ1) is 21.0. The molecule has 3 N–H and O–H groups in total. The number of hydrogen-bond donors (Lipinski definition) is 3. The Labute approximate surface area is 280 Å². The van der Waals surface area contributed by atoms with Crippen molar-refractivity contribution < 1.29 is 33.8 Å². The van der Waals surface area contributed by atoms with Gasteiger partial charge in [-0.1, -0.05) is 68.0 Å². The summed E-state index contributed by atoms with van der Waals surface area (Å²) in [7, 11) is 3.49. The lowest BCUT2D eigenvalue weighted by molar-refractivity contribution is -0.142. The number of hydrogen-bond acceptors (Lipinski definition) is 10. The Hall–Kier alpha value is -2.35. The summed E-state index contributed by atoms with van der Waals surface area (Å²) in [5.74, 6) is -0.276. The number of carbonyl (C=O) groups is 4. The SMILES string of the molecule is COC(=O)SSC[C@@H](/C=C/CN1C[C@@H](c2ccc(C(C)(C)C)cc2)C[C@H]1C(=O)N[C@@H](CCSC)C(=O)O)NC(=O)OC(C)(C)C. The molecule has 1 saturated heterocycles. The van der Waals surface area contributed by atoms with Gasteiger partial charge in [0.1, 0.15) is 11.6 Å². The highest BCUT2D eigenvalue weighted by Crippen LogP contribution is 2.33. The fraction of sp³-hybridized carbons (Fsp3) is 0.625. The van der Waals surface area contributed by atoms with Crippen molar-refractivity contribution in [1.82, 2.24) is 15.5 Å². The van der Waals surface area contributed by atoms with Crippen molar-refractivity contribution in [3.05, 3.63) is 47.5 Å². The highest BCUT2D eigenvalue weighted by molar-refractivity contribution is 8.82. The maximum Gasteiger partial charge on any atom is 0.408 e. The van der Waals surface area contributed by atoms with Crippen LogP contribution in [0.2, 0.25) is 0 Å². The molecule has 0 bridgehead atoms. The standard InChI is InChI=1S/C32H49N3O7S3/c1-31(2,3)23-13-11-21(12-14-23)22-18-26(27(36)34-25(28(37)38)15-17-43-8)35(19-22)16-9-10-24(20-44-45-30(40)41-7)33-29(39)42-32(4,5)6/h9-14,22,24-26H,15-20H2,1-8H3,(H,33,39)(H,34,36)(H,37,38)/b10-9+/t22-,24+,25-,26-/m0/s1. The summed E-state index contributed by atoms with van der Waals surface area (Å²) >= 11 is 1.53. The van der Waals surface area contributed by atoms with E-state index in [9.17, 15) is 24.3 Å². The molecule has 0 unspecified atom stereocenters. The van der Waals surface area contributed by atoms with E-state index < -0.39 is 41.1 Å². The van der Waals surface area contributed by atoms with Gasteiger partial charge in [0.25, 0.3) is 0 Å². The van der Waals surface area contributed by atoms with Crippen molar-refractivity contribution in [2.45, 2.75) is 89.4 Å². The van der Waals surface area contributed by atoms with Crippen molar-refractivity contribution in [3.63, 3.8) is 0 Å². The number of carbonyl (C=O) groups excluding carboxylic acids is 3. The lowest BCUT2D eigenvalue weighted by Crippen LogP contribution is -2.49. The van der Waals surface area contributed by atoms with E-state index in [1.54, 1.807) is 20.8 Å². The maximum absolute atomic E-state index is 13.5. The Balaban J connectivity index is 2.25. The number of ether oxygens (including phenoxy) is 2. The van der Waals surface area contributed by atoms with Crippen LogP contribution >= 0.6 is 33.3 Å². The second kappa shape index (κ2) is 18.1. The van der Waals surface area contributed by atoms with Crippen LogP contribution in [0.5, 0.6) is 0 Å². The van der Waals surface area contributed by atoms with E-state index in [0.29, 0.717) is 37.4 Å². The first-order valence-electron chi connectivity index (χ1n) is 14.9. The van der Waals surface area contributed by atoms with Crippen molar-refractivity contribution in [2.75, 3.05) is 38.0 Å². The van der Waals surface area contributed by atoms with E-state index in [1.165, 1.54) is 35.2 Å². The van der Waals surface area contributed by atoms with E-state index in [1.807, 2.05) is 23.3 Å². The van der Waals surface area contributed by atoms with Crippen LogP contribution in [-0.4, -0.2) is 95.0 Å². The summed E-state index contributed by atoms with van der Waals surface area (Å²) in [5.41, 5.74) is 1.70. The van der Waals surface area contributed by atoms with Crippen molar-refractivity contribution >= 4 is 56.6 Å². The van der Waals surface area contributed by atoms with Gasteiger partial charge in [-0.05, 0) is 68.1 Å². The number of methoxy groups -OCH3 is 1. The zero-order valence-corrected chi connectivity index (χ0v) is 30.0. The molecule has 2 rings (SSSR count). The monoisotopic (exact) mass is 683 g/mol. The molecule has 0 spiro atoms. The molecule has 252 valence electrons. The highest BCUT2D eigenvalue weighted by Gasteiger charge is 2.38. The largest absolute Gasteiger partial charge is 0.480 e. The molecule has 1 aliphatic heterocycles. The molecule has 1 aromatic rings. The minimum absolute atomic E-state index is 0.0214. The minimum atomic E-state index is -1.05. The van der Waals surface area contributed by atoms with Gasteiger partial charge in [-0.15, -0.1) is 0 Å². The third-order valence-corrected chi connectivity index (χ3v) is 9.86.